The molecule has 2 aromatic rings. The molecule has 0 N–H and O–H groups in total. The minimum Gasteiger partial charge on any atom is -0.493 e. The number of ether oxygens (including phenoxy) is 2. The number of hydrogen-bond donors (Lipinski definition) is 0. The van der Waals surface area contributed by atoms with Crippen LogP contribution in [0.1, 0.15) is 12.0 Å². The number of benzene rings is 2. The van der Waals surface area contributed by atoms with Gasteiger partial charge in [0.1, 0.15) is 0 Å². The second-order valence-corrected chi connectivity index (χ2v) is 6.60. The first kappa shape index (κ1) is 18.8. The van der Waals surface area contributed by atoms with Crippen LogP contribution in [0.3, 0.4) is 0 Å². The molecule has 6 nitrogen and oxygen atoms in total. The van der Waals surface area contributed by atoms with E-state index in [1.165, 1.54) is 0 Å². The summed E-state index contributed by atoms with van der Waals surface area (Å²) in [5, 5.41) is 0. The minimum atomic E-state index is -0.331. The Bertz CT molecular complexity index is 822. The summed E-state index contributed by atoms with van der Waals surface area (Å²) < 4.78 is 10.6. The Labute approximate surface area is 159 Å². The molecule has 1 heterocycles. The number of hydrogen-bond acceptors (Lipinski definition) is 4. The fourth-order valence-corrected chi connectivity index (χ4v) is 3.34. The molecule has 3 rings (SSSR count). The molecule has 1 aliphatic rings. The van der Waals surface area contributed by atoms with Gasteiger partial charge in [-0.15, -0.1) is 0 Å². The average Bonchev–Trinajstić information content (AvgIpc) is 3.07. The number of para-hydroxylation sites is 1. The molecule has 1 saturated heterocycles. The van der Waals surface area contributed by atoms with Gasteiger partial charge in [0.2, 0.25) is 11.8 Å². The van der Waals surface area contributed by atoms with Gasteiger partial charge >= 0.3 is 0 Å². The summed E-state index contributed by atoms with van der Waals surface area (Å²) in [5.41, 5.74) is 1.76. The molecule has 27 heavy (non-hydrogen) atoms. The first-order chi connectivity index (χ1) is 13.0. The third-order valence-electron chi connectivity index (χ3n) is 4.86. The topological polar surface area (TPSA) is 59.1 Å². The van der Waals surface area contributed by atoms with E-state index >= 15 is 0 Å². The van der Waals surface area contributed by atoms with E-state index in [0.717, 1.165) is 11.3 Å². The van der Waals surface area contributed by atoms with Crippen LogP contribution in [0.4, 0.5) is 5.69 Å². The lowest BCUT2D eigenvalue weighted by atomic mass is 10.1. The van der Waals surface area contributed by atoms with Crippen LogP contribution in [0, 0.1) is 5.92 Å². The summed E-state index contributed by atoms with van der Waals surface area (Å²) in [4.78, 5) is 28.6. The zero-order chi connectivity index (χ0) is 19.4. The maximum Gasteiger partial charge on any atom is 0.232 e. The normalized spacial score (nSPS) is 16.3. The van der Waals surface area contributed by atoms with Crippen LogP contribution in [-0.2, 0) is 16.1 Å². The van der Waals surface area contributed by atoms with Gasteiger partial charge in [-0.1, -0.05) is 24.3 Å². The van der Waals surface area contributed by atoms with Crippen LogP contribution in [0.25, 0.3) is 0 Å². The molecular formula is C21H24N2O4. The van der Waals surface area contributed by atoms with Gasteiger partial charge in [0.05, 0.1) is 20.1 Å². The molecule has 1 fully saturated rings. The van der Waals surface area contributed by atoms with E-state index in [1.54, 1.807) is 31.1 Å². The first-order valence-corrected chi connectivity index (χ1v) is 8.84. The van der Waals surface area contributed by atoms with Crippen molar-refractivity contribution in [2.24, 2.45) is 5.92 Å². The van der Waals surface area contributed by atoms with E-state index in [2.05, 4.69) is 0 Å². The lowest BCUT2D eigenvalue weighted by molar-refractivity contribution is -0.128. The van der Waals surface area contributed by atoms with Crippen molar-refractivity contribution >= 4 is 17.5 Å². The van der Waals surface area contributed by atoms with Gasteiger partial charge in [-0.25, -0.2) is 0 Å². The van der Waals surface area contributed by atoms with Crippen molar-refractivity contribution in [3.05, 3.63) is 54.1 Å². The van der Waals surface area contributed by atoms with E-state index in [4.69, 9.17) is 9.47 Å². The molecule has 1 atom stereocenters. The summed E-state index contributed by atoms with van der Waals surface area (Å²) in [6.07, 6.45) is 0.239. The van der Waals surface area contributed by atoms with Crippen molar-refractivity contribution in [1.82, 2.24) is 4.90 Å². The molecule has 0 spiro atoms. The third kappa shape index (κ3) is 4.05. The minimum absolute atomic E-state index is 0.00963. The molecule has 2 amide bonds. The molecule has 1 unspecified atom stereocenters. The summed E-state index contributed by atoms with van der Waals surface area (Å²) in [7, 11) is 4.91. The SMILES string of the molecule is COc1ccc(CN2CC(C(=O)N(C)c3ccccc3)CC2=O)cc1OC. The largest absolute Gasteiger partial charge is 0.493 e. The smallest absolute Gasteiger partial charge is 0.232 e. The highest BCUT2D eigenvalue weighted by atomic mass is 16.5. The molecule has 0 radical (unpaired) electrons. The Balaban J connectivity index is 1.68. The molecule has 0 saturated carbocycles. The van der Waals surface area contributed by atoms with Gasteiger partial charge in [-0.2, -0.15) is 0 Å². The van der Waals surface area contributed by atoms with Gasteiger partial charge in [0, 0.05) is 32.2 Å². The lowest BCUT2D eigenvalue weighted by Crippen LogP contribution is -2.34. The highest BCUT2D eigenvalue weighted by molar-refractivity contribution is 5.98. The molecule has 0 aromatic heterocycles. The van der Waals surface area contributed by atoms with Crippen molar-refractivity contribution in [1.29, 1.82) is 0 Å². The maximum atomic E-state index is 12.8. The summed E-state index contributed by atoms with van der Waals surface area (Å²) in [6, 6.07) is 15.0. The van der Waals surface area contributed by atoms with Crippen LogP contribution in [-0.4, -0.2) is 44.5 Å². The van der Waals surface area contributed by atoms with Gasteiger partial charge in [0.25, 0.3) is 0 Å². The predicted octanol–water partition coefficient (Wildman–Crippen LogP) is 2.72. The Hall–Kier alpha value is -3.02. The molecule has 1 aliphatic heterocycles. The van der Waals surface area contributed by atoms with E-state index in [9.17, 15) is 9.59 Å². The number of carbonyl (C=O) groups is 2. The lowest BCUT2D eigenvalue weighted by Gasteiger charge is -2.21. The number of rotatable bonds is 6. The average molecular weight is 368 g/mol. The van der Waals surface area contributed by atoms with Crippen LogP contribution in [0.2, 0.25) is 0 Å². The Kier molecular flexibility index (Phi) is 5.64. The summed E-state index contributed by atoms with van der Waals surface area (Å²) >= 11 is 0. The van der Waals surface area contributed by atoms with Gasteiger partial charge < -0.3 is 19.3 Å². The van der Waals surface area contributed by atoms with Crippen LogP contribution >= 0.6 is 0 Å². The Morgan fingerprint density at radius 1 is 1.11 bits per heavy atom. The fourth-order valence-electron chi connectivity index (χ4n) is 3.34. The molecule has 142 valence electrons. The van der Waals surface area contributed by atoms with Crippen LogP contribution in [0.15, 0.2) is 48.5 Å². The number of likely N-dealkylation sites (tertiary alicyclic amines) is 1. The Morgan fingerprint density at radius 3 is 2.48 bits per heavy atom. The van der Waals surface area contributed by atoms with E-state index < -0.39 is 0 Å². The monoisotopic (exact) mass is 368 g/mol. The molecule has 2 aromatic carbocycles. The number of amides is 2. The molecule has 6 heteroatoms. The quantitative estimate of drug-likeness (QED) is 0.787. The second kappa shape index (κ2) is 8.12. The zero-order valence-electron chi connectivity index (χ0n) is 15.8. The summed E-state index contributed by atoms with van der Waals surface area (Å²) in [6.45, 7) is 0.862. The van der Waals surface area contributed by atoms with Gasteiger partial charge in [-0.05, 0) is 29.8 Å². The highest BCUT2D eigenvalue weighted by Gasteiger charge is 2.36. The third-order valence-corrected chi connectivity index (χ3v) is 4.86. The van der Waals surface area contributed by atoms with Gasteiger partial charge in [0.15, 0.2) is 11.5 Å². The van der Waals surface area contributed by atoms with Crippen molar-refractivity contribution in [2.45, 2.75) is 13.0 Å². The molecule has 0 aliphatic carbocycles. The number of nitrogens with zero attached hydrogens (tertiary/aromatic N) is 2. The second-order valence-electron chi connectivity index (χ2n) is 6.60. The van der Waals surface area contributed by atoms with Crippen molar-refractivity contribution in [3.8, 4) is 11.5 Å². The maximum absolute atomic E-state index is 12.8. The number of carbonyl (C=O) groups excluding carboxylic acids is 2. The summed E-state index contributed by atoms with van der Waals surface area (Å²) in [5.74, 6) is 0.890. The van der Waals surface area contributed by atoms with Crippen LogP contribution < -0.4 is 14.4 Å². The fraction of sp³-hybridized carbons (Fsp3) is 0.333. The number of methoxy groups -OCH3 is 2. The predicted molar refractivity (Wildman–Crippen MR) is 103 cm³/mol. The van der Waals surface area contributed by atoms with E-state index in [0.29, 0.717) is 24.6 Å². The van der Waals surface area contributed by atoms with Crippen LogP contribution in [0.5, 0.6) is 11.5 Å². The highest BCUT2D eigenvalue weighted by Crippen LogP contribution is 2.29. The van der Waals surface area contributed by atoms with Crippen molar-refractivity contribution in [2.75, 3.05) is 32.7 Å². The molecule has 0 bridgehead atoms. The standard InChI is InChI=1S/C21H24N2O4/c1-22(17-7-5-4-6-8-17)21(25)16-12-20(24)23(14-16)13-15-9-10-18(26-2)19(11-15)27-3/h4-11,16H,12-14H2,1-3H3. The Morgan fingerprint density at radius 2 is 1.81 bits per heavy atom. The first-order valence-electron chi connectivity index (χ1n) is 8.84. The van der Waals surface area contributed by atoms with Crippen molar-refractivity contribution in [3.63, 3.8) is 0 Å². The molecular weight excluding hydrogens is 344 g/mol. The van der Waals surface area contributed by atoms with Crippen molar-refractivity contribution < 1.29 is 19.1 Å². The number of anilines is 1. The van der Waals surface area contributed by atoms with E-state index in [1.807, 2.05) is 48.5 Å². The van der Waals surface area contributed by atoms with E-state index in [-0.39, 0.29) is 24.2 Å². The zero-order valence-corrected chi connectivity index (χ0v) is 15.8. The van der Waals surface area contributed by atoms with Gasteiger partial charge in [-0.3, -0.25) is 9.59 Å².